The van der Waals surface area contributed by atoms with E-state index in [2.05, 4.69) is 10.0 Å². The molecule has 3 aromatic carbocycles. The third-order valence-corrected chi connectivity index (χ3v) is 7.92. The van der Waals surface area contributed by atoms with Crippen LogP contribution in [0.25, 0.3) is 0 Å². The Morgan fingerprint density at radius 3 is 2.34 bits per heavy atom. The number of anilines is 2. The van der Waals surface area contributed by atoms with Crippen LogP contribution in [0, 0.1) is 0 Å². The summed E-state index contributed by atoms with van der Waals surface area (Å²) in [7, 11) is -2.04. The van der Waals surface area contributed by atoms with E-state index in [1.165, 1.54) is 24.3 Å². The fourth-order valence-electron chi connectivity index (χ4n) is 4.03. The fraction of sp³-hybridized carbons (Fsp3) is 0.286. The van der Waals surface area contributed by atoms with Gasteiger partial charge in [-0.15, -0.1) is 0 Å². The minimum atomic E-state index is -3.62. The molecule has 1 aliphatic rings. The third-order valence-electron chi connectivity index (χ3n) is 6.32. The summed E-state index contributed by atoms with van der Waals surface area (Å²) in [5.74, 6) is 0.539. The van der Waals surface area contributed by atoms with Crippen LogP contribution in [0.4, 0.5) is 11.4 Å². The molecule has 200 valence electrons. The number of ether oxygens (including phenoxy) is 2. The van der Waals surface area contributed by atoms with E-state index in [1.807, 2.05) is 13.0 Å². The van der Waals surface area contributed by atoms with Crippen molar-refractivity contribution in [3.8, 4) is 11.5 Å². The number of benzene rings is 3. The van der Waals surface area contributed by atoms with Crippen LogP contribution in [-0.4, -0.2) is 46.5 Å². The number of rotatable bonds is 10. The van der Waals surface area contributed by atoms with E-state index in [1.54, 1.807) is 55.3 Å². The molecule has 0 saturated heterocycles. The second-order valence-electron chi connectivity index (χ2n) is 9.02. The number of methoxy groups -OCH3 is 1. The first-order valence-corrected chi connectivity index (χ1v) is 13.8. The van der Waals surface area contributed by atoms with Crippen LogP contribution in [-0.2, 0) is 21.2 Å². The van der Waals surface area contributed by atoms with Crippen molar-refractivity contribution in [2.75, 3.05) is 30.5 Å². The molecular weight excluding hydrogens is 506 g/mol. The average Bonchev–Trinajstić information content (AvgIpc) is 3.34. The van der Waals surface area contributed by atoms with E-state index in [4.69, 9.17) is 9.47 Å². The van der Waals surface area contributed by atoms with Crippen LogP contribution in [0.2, 0.25) is 0 Å². The highest BCUT2D eigenvalue weighted by molar-refractivity contribution is 7.89. The van der Waals surface area contributed by atoms with Gasteiger partial charge in [0.25, 0.3) is 11.8 Å². The minimum Gasteiger partial charge on any atom is -0.497 e. The summed E-state index contributed by atoms with van der Waals surface area (Å²) in [6, 6.07) is 18.2. The molecule has 9 nitrogen and oxygen atoms in total. The van der Waals surface area contributed by atoms with E-state index in [-0.39, 0.29) is 29.4 Å². The topological polar surface area (TPSA) is 114 Å². The molecule has 0 aromatic heterocycles. The molecule has 2 N–H and O–H groups in total. The first-order chi connectivity index (χ1) is 18.2. The SMILES string of the molecule is CC[C@H](C)NS(=O)(=O)c1ccc(OCC(=O)Nc2ccc3c(c2)N(C(=O)c2ccc(OC)cc2)CC3)cc1. The highest BCUT2D eigenvalue weighted by Gasteiger charge is 2.26. The summed E-state index contributed by atoms with van der Waals surface area (Å²) >= 11 is 0. The Morgan fingerprint density at radius 1 is 1.00 bits per heavy atom. The Labute approximate surface area is 222 Å². The zero-order chi connectivity index (χ0) is 27.3. The first-order valence-electron chi connectivity index (χ1n) is 12.3. The first kappa shape index (κ1) is 27.2. The number of nitrogens with zero attached hydrogens (tertiary/aromatic N) is 1. The maximum atomic E-state index is 13.1. The predicted molar refractivity (Wildman–Crippen MR) is 145 cm³/mol. The normalized spacial score (nSPS) is 13.5. The van der Waals surface area contributed by atoms with Gasteiger partial charge in [0.1, 0.15) is 11.5 Å². The molecule has 0 unspecified atom stereocenters. The maximum absolute atomic E-state index is 13.1. The number of carbonyl (C=O) groups excluding carboxylic acids is 2. The second kappa shape index (κ2) is 11.7. The second-order valence-corrected chi connectivity index (χ2v) is 10.7. The van der Waals surface area contributed by atoms with E-state index < -0.39 is 10.0 Å². The lowest BCUT2D eigenvalue weighted by atomic mass is 10.1. The highest BCUT2D eigenvalue weighted by atomic mass is 32.2. The van der Waals surface area contributed by atoms with Gasteiger partial charge < -0.3 is 19.7 Å². The Bertz CT molecular complexity index is 1410. The van der Waals surface area contributed by atoms with Crippen molar-refractivity contribution in [1.82, 2.24) is 4.72 Å². The number of amides is 2. The van der Waals surface area contributed by atoms with Gasteiger partial charge in [-0.1, -0.05) is 13.0 Å². The lowest BCUT2D eigenvalue weighted by Crippen LogP contribution is -2.31. The standard InChI is InChI=1S/C28H31N3O6S/c1-4-19(2)30-38(34,35)25-13-11-24(12-14-25)37-18-27(32)29-22-8-5-20-15-16-31(26(20)17-22)28(33)21-6-9-23(36-3)10-7-21/h5-14,17,19,30H,4,15-16,18H2,1-3H3,(H,29,32)/t19-/m0/s1. The summed E-state index contributed by atoms with van der Waals surface area (Å²) in [6.45, 7) is 3.99. The molecule has 0 bridgehead atoms. The molecule has 1 aliphatic heterocycles. The van der Waals surface area contributed by atoms with Gasteiger partial charge in [0.2, 0.25) is 10.0 Å². The predicted octanol–water partition coefficient (Wildman–Crippen LogP) is 3.99. The number of hydrogen-bond acceptors (Lipinski definition) is 6. The molecular formula is C28H31N3O6S. The summed E-state index contributed by atoms with van der Waals surface area (Å²) < 4.78 is 38.1. The van der Waals surface area contributed by atoms with Gasteiger partial charge in [0.05, 0.1) is 12.0 Å². The van der Waals surface area contributed by atoms with Crippen LogP contribution >= 0.6 is 0 Å². The summed E-state index contributed by atoms with van der Waals surface area (Å²) in [6.07, 6.45) is 1.41. The maximum Gasteiger partial charge on any atom is 0.262 e. The molecule has 0 spiro atoms. The van der Waals surface area contributed by atoms with Crippen molar-refractivity contribution in [3.63, 3.8) is 0 Å². The molecule has 10 heteroatoms. The van der Waals surface area contributed by atoms with E-state index in [0.717, 1.165) is 17.7 Å². The summed E-state index contributed by atoms with van der Waals surface area (Å²) in [4.78, 5) is 27.5. The van der Waals surface area contributed by atoms with E-state index in [9.17, 15) is 18.0 Å². The molecule has 0 saturated carbocycles. The quantitative estimate of drug-likeness (QED) is 0.404. The molecule has 2 amide bonds. The Balaban J connectivity index is 1.36. The van der Waals surface area contributed by atoms with Crippen molar-refractivity contribution >= 4 is 33.2 Å². The van der Waals surface area contributed by atoms with Crippen molar-refractivity contribution < 1.29 is 27.5 Å². The van der Waals surface area contributed by atoms with Gasteiger partial charge in [0.15, 0.2) is 6.61 Å². The van der Waals surface area contributed by atoms with Crippen LogP contribution in [0.5, 0.6) is 11.5 Å². The van der Waals surface area contributed by atoms with Crippen molar-refractivity contribution in [2.24, 2.45) is 0 Å². The van der Waals surface area contributed by atoms with Crippen LogP contribution in [0.1, 0.15) is 36.2 Å². The molecule has 38 heavy (non-hydrogen) atoms. The minimum absolute atomic E-state index is 0.122. The molecule has 1 atom stereocenters. The number of fused-ring (bicyclic) bond motifs is 1. The van der Waals surface area contributed by atoms with Crippen LogP contribution < -0.4 is 24.4 Å². The molecule has 0 aliphatic carbocycles. The smallest absolute Gasteiger partial charge is 0.262 e. The lowest BCUT2D eigenvalue weighted by Gasteiger charge is -2.18. The Kier molecular flexibility index (Phi) is 8.33. The van der Waals surface area contributed by atoms with E-state index >= 15 is 0 Å². The summed E-state index contributed by atoms with van der Waals surface area (Å²) in [5.41, 5.74) is 2.88. The molecule has 0 radical (unpaired) electrons. The molecule has 1 heterocycles. The molecule has 3 aromatic rings. The Hall–Kier alpha value is -3.89. The Morgan fingerprint density at radius 2 is 1.68 bits per heavy atom. The van der Waals surface area contributed by atoms with Gasteiger partial charge in [-0.3, -0.25) is 9.59 Å². The van der Waals surface area contributed by atoms with Gasteiger partial charge in [0, 0.05) is 29.5 Å². The third kappa shape index (κ3) is 6.32. The van der Waals surface area contributed by atoms with Gasteiger partial charge >= 0.3 is 0 Å². The average molecular weight is 538 g/mol. The molecule has 0 fully saturated rings. The lowest BCUT2D eigenvalue weighted by molar-refractivity contribution is -0.118. The summed E-state index contributed by atoms with van der Waals surface area (Å²) in [5, 5.41) is 2.80. The van der Waals surface area contributed by atoms with Crippen molar-refractivity contribution in [3.05, 3.63) is 77.9 Å². The fourth-order valence-corrected chi connectivity index (χ4v) is 5.36. The largest absolute Gasteiger partial charge is 0.497 e. The van der Waals surface area contributed by atoms with Crippen molar-refractivity contribution in [2.45, 2.75) is 37.6 Å². The van der Waals surface area contributed by atoms with Crippen LogP contribution in [0.15, 0.2) is 71.6 Å². The number of sulfonamides is 1. The van der Waals surface area contributed by atoms with Gasteiger partial charge in [-0.05, 0) is 86.0 Å². The monoisotopic (exact) mass is 537 g/mol. The van der Waals surface area contributed by atoms with Crippen molar-refractivity contribution in [1.29, 1.82) is 0 Å². The number of hydrogen-bond donors (Lipinski definition) is 2. The molecule has 4 rings (SSSR count). The van der Waals surface area contributed by atoms with Gasteiger partial charge in [-0.2, -0.15) is 0 Å². The number of nitrogens with one attached hydrogen (secondary N) is 2. The van der Waals surface area contributed by atoms with Gasteiger partial charge in [-0.25, -0.2) is 13.1 Å². The zero-order valence-corrected chi connectivity index (χ0v) is 22.4. The highest BCUT2D eigenvalue weighted by Crippen LogP contribution is 2.32. The van der Waals surface area contributed by atoms with Crippen LogP contribution in [0.3, 0.4) is 0 Å². The zero-order valence-electron chi connectivity index (χ0n) is 21.6. The van der Waals surface area contributed by atoms with E-state index in [0.29, 0.717) is 35.7 Å². The number of carbonyl (C=O) groups is 2.